The van der Waals surface area contributed by atoms with Gasteiger partial charge in [0.15, 0.2) is 0 Å². The number of nitrogens with one attached hydrogen (secondary N) is 1. The molecule has 0 aromatic carbocycles. The summed E-state index contributed by atoms with van der Waals surface area (Å²) in [6.45, 7) is 0.783. The Morgan fingerprint density at radius 2 is 2.12 bits per heavy atom. The summed E-state index contributed by atoms with van der Waals surface area (Å²) in [7, 11) is -0.574. The van der Waals surface area contributed by atoms with Gasteiger partial charge in [0, 0.05) is 28.3 Å². The summed E-state index contributed by atoms with van der Waals surface area (Å²) in [5.41, 5.74) is 0. The first-order chi connectivity index (χ1) is 8.28. The molecule has 0 bridgehead atoms. The molecule has 0 atom stereocenters. The molecule has 2 rings (SSSR count). The molecule has 0 aliphatic carbocycles. The van der Waals surface area contributed by atoms with Crippen molar-refractivity contribution in [3.05, 3.63) is 23.7 Å². The fourth-order valence-electron chi connectivity index (χ4n) is 1.98. The van der Waals surface area contributed by atoms with Crippen LogP contribution in [0.25, 0.3) is 0 Å². The Bertz CT molecular complexity index is 368. The van der Waals surface area contributed by atoms with Crippen LogP contribution in [0.5, 0.6) is 0 Å². The average Bonchev–Trinajstić information content (AvgIpc) is 2.77. The Labute approximate surface area is 109 Å². The topological polar surface area (TPSA) is 42.2 Å². The predicted octanol–water partition coefficient (Wildman–Crippen LogP) is 2.14. The van der Waals surface area contributed by atoms with Crippen molar-refractivity contribution in [3.63, 3.8) is 0 Å². The molecule has 1 aromatic heterocycles. The van der Waals surface area contributed by atoms with Crippen LogP contribution >= 0.6 is 11.8 Å². The van der Waals surface area contributed by atoms with Gasteiger partial charge in [-0.2, -0.15) is 11.8 Å². The van der Waals surface area contributed by atoms with Crippen LogP contribution in [0.2, 0.25) is 0 Å². The highest BCUT2D eigenvalue weighted by molar-refractivity contribution is 7.97. The molecule has 2 heterocycles. The normalized spacial score (nSPS) is 25.0. The molecule has 0 saturated carbocycles. The highest BCUT2D eigenvalue weighted by Gasteiger charge is 2.17. The van der Waals surface area contributed by atoms with Crippen LogP contribution in [0, 0.1) is 0 Å². The van der Waals surface area contributed by atoms with Crippen molar-refractivity contribution in [3.8, 4) is 0 Å². The fraction of sp³-hybridized carbons (Fsp3) is 0.667. The van der Waals surface area contributed by atoms with Gasteiger partial charge in [-0.15, -0.1) is 0 Å². The third kappa shape index (κ3) is 4.16. The summed E-state index contributed by atoms with van der Waals surface area (Å²) < 4.78 is 16.9. The van der Waals surface area contributed by atoms with E-state index >= 15 is 0 Å². The lowest BCUT2D eigenvalue weighted by Gasteiger charge is -2.21. The Balaban J connectivity index is 1.75. The quantitative estimate of drug-likeness (QED) is 0.892. The molecule has 1 aliphatic rings. The Hall–Kier alpha value is -0.260. The van der Waals surface area contributed by atoms with Crippen molar-refractivity contribution in [2.45, 2.75) is 31.2 Å². The maximum Gasteiger partial charge on any atom is 0.118 e. The Morgan fingerprint density at radius 1 is 1.41 bits per heavy atom. The first-order valence-corrected chi connectivity index (χ1v) is 8.81. The van der Waals surface area contributed by atoms with E-state index in [0.717, 1.165) is 48.2 Å². The first kappa shape index (κ1) is 13.2. The maximum atomic E-state index is 11.2. The van der Waals surface area contributed by atoms with Crippen LogP contribution < -0.4 is 5.32 Å². The molecule has 0 spiro atoms. The molecule has 1 fully saturated rings. The van der Waals surface area contributed by atoms with E-state index in [9.17, 15) is 4.21 Å². The molecule has 0 radical (unpaired) electrons. The smallest absolute Gasteiger partial charge is 0.118 e. The SMILES string of the molecule is CSCc1ccc(CNC2CCS(=O)CC2)o1. The first-order valence-electron chi connectivity index (χ1n) is 5.93. The van der Waals surface area contributed by atoms with Gasteiger partial charge >= 0.3 is 0 Å². The van der Waals surface area contributed by atoms with E-state index in [1.807, 2.05) is 12.1 Å². The standard InChI is InChI=1S/C12H19NO2S2/c1-16-9-12-3-2-11(15-12)8-13-10-4-6-17(14)7-5-10/h2-3,10,13H,4-9H2,1H3. The van der Waals surface area contributed by atoms with Gasteiger partial charge in [0.2, 0.25) is 0 Å². The molecule has 1 aliphatic heterocycles. The Kier molecular flexibility index (Phi) is 5.13. The van der Waals surface area contributed by atoms with Crippen molar-refractivity contribution in [1.82, 2.24) is 5.32 Å². The molecular weight excluding hydrogens is 254 g/mol. The van der Waals surface area contributed by atoms with E-state index in [0.29, 0.717) is 6.04 Å². The van der Waals surface area contributed by atoms with Gasteiger partial charge in [-0.1, -0.05) is 0 Å². The zero-order valence-corrected chi connectivity index (χ0v) is 11.7. The lowest BCUT2D eigenvalue weighted by atomic mass is 10.1. The third-order valence-corrected chi connectivity index (χ3v) is 4.91. The minimum Gasteiger partial charge on any atom is -0.464 e. The van der Waals surface area contributed by atoms with E-state index in [4.69, 9.17) is 4.42 Å². The zero-order chi connectivity index (χ0) is 12.1. The zero-order valence-electron chi connectivity index (χ0n) is 10.1. The second-order valence-electron chi connectivity index (χ2n) is 4.30. The lowest BCUT2D eigenvalue weighted by Crippen LogP contribution is -2.35. The highest BCUT2D eigenvalue weighted by Crippen LogP contribution is 2.14. The Morgan fingerprint density at radius 3 is 2.82 bits per heavy atom. The molecule has 1 aromatic rings. The van der Waals surface area contributed by atoms with Crippen LogP contribution in [0.1, 0.15) is 24.4 Å². The van der Waals surface area contributed by atoms with Crippen LogP contribution in [0.15, 0.2) is 16.5 Å². The highest BCUT2D eigenvalue weighted by atomic mass is 32.2. The fourth-order valence-corrected chi connectivity index (χ4v) is 3.72. The number of hydrogen-bond donors (Lipinski definition) is 1. The molecule has 17 heavy (non-hydrogen) atoms. The molecule has 5 heteroatoms. The minimum absolute atomic E-state index is 0.502. The summed E-state index contributed by atoms with van der Waals surface area (Å²) in [6, 6.07) is 4.59. The van der Waals surface area contributed by atoms with Crippen LogP contribution in [0.4, 0.5) is 0 Å². The summed E-state index contributed by atoms with van der Waals surface area (Å²) in [5.74, 6) is 4.66. The second kappa shape index (κ2) is 6.61. The summed E-state index contributed by atoms with van der Waals surface area (Å²) in [4.78, 5) is 0. The van der Waals surface area contributed by atoms with E-state index < -0.39 is 10.8 Å². The number of furan rings is 1. The van der Waals surface area contributed by atoms with Crippen molar-refractivity contribution < 1.29 is 8.63 Å². The van der Waals surface area contributed by atoms with Crippen LogP contribution in [-0.4, -0.2) is 28.0 Å². The average molecular weight is 273 g/mol. The number of rotatable bonds is 5. The van der Waals surface area contributed by atoms with Crippen molar-refractivity contribution >= 4 is 22.6 Å². The van der Waals surface area contributed by atoms with E-state index in [1.54, 1.807) is 11.8 Å². The van der Waals surface area contributed by atoms with Crippen LogP contribution in [-0.2, 0) is 23.1 Å². The minimum atomic E-state index is -0.574. The predicted molar refractivity (Wildman–Crippen MR) is 73.7 cm³/mol. The van der Waals surface area contributed by atoms with Gasteiger partial charge in [0.1, 0.15) is 11.5 Å². The van der Waals surface area contributed by atoms with E-state index in [2.05, 4.69) is 11.6 Å². The van der Waals surface area contributed by atoms with Gasteiger partial charge in [-0.05, 0) is 31.2 Å². The largest absolute Gasteiger partial charge is 0.464 e. The molecule has 96 valence electrons. The summed E-state index contributed by atoms with van der Waals surface area (Å²) >= 11 is 1.77. The lowest BCUT2D eigenvalue weighted by molar-refractivity contribution is 0.415. The summed E-state index contributed by atoms with van der Waals surface area (Å²) in [5, 5.41) is 3.48. The maximum absolute atomic E-state index is 11.2. The molecular formula is C12H19NO2S2. The molecule has 1 N–H and O–H groups in total. The summed E-state index contributed by atoms with van der Waals surface area (Å²) in [6.07, 6.45) is 4.11. The van der Waals surface area contributed by atoms with Crippen LogP contribution in [0.3, 0.4) is 0 Å². The van der Waals surface area contributed by atoms with Gasteiger partial charge in [0.05, 0.1) is 12.3 Å². The molecule has 0 unspecified atom stereocenters. The van der Waals surface area contributed by atoms with Crippen molar-refractivity contribution in [2.24, 2.45) is 0 Å². The van der Waals surface area contributed by atoms with Gasteiger partial charge < -0.3 is 9.73 Å². The van der Waals surface area contributed by atoms with Crippen molar-refractivity contribution in [1.29, 1.82) is 0 Å². The van der Waals surface area contributed by atoms with Gasteiger partial charge in [0.25, 0.3) is 0 Å². The van der Waals surface area contributed by atoms with E-state index in [1.165, 1.54) is 0 Å². The van der Waals surface area contributed by atoms with Crippen molar-refractivity contribution in [2.75, 3.05) is 17.8 Å². The molecule has 1 saturated heterocycles. The third-order valence-electron chi connectivity index (χ3n) is 2.96. The monoisotopic (exact) mass is 273 g/mol. The van der Waals surface area contributed by atoms with Gasteiger partial charge in [-0.3, -0.25) is 4.21 Å². The molecule has 0 amide bonds. The number of thioether (sulfide) groups is 1. The molecule has 3 nitrogen and oxygen atoms in total. The van der Waals surface area contributed by atoms with Gasteiger partial charge in [-0.25, -0.2) is 0 Å². The number of hydrogen-bond acceptors (Lipinski definition) is 4. The van der Waals surface area contributed by atoms with E-state index in [-0.39, 0.29) is 0 Å². The second-order valence-corrected chi connectivity index (χ2v) is 6.87.